The fourth-order valence-corrected chi connectivity index (χ4v) is 6.42. The molecule has 11 heteroatoms. The number of carbonyl (C=O) groups excluding carboxylic acids is 1. The number of aromatic nitrogens is 3. The standard InChI is InChI=1S/C35H41F2N7O2/c1-9-29(45)42-16-22(6)43(17-21(42)5)33-25-15-27(37)31(30-26(36)11-10-12-28(30)38)39-34(25)44(35(46)40-33)32-20(4)13-23(18-41(7)8)14-24(32)19(2)3/h9-15,19,21-22H,1,16-18,38H2,2-8H3/t21-,22+/m1/s1. The summed E-state index contributed by atoms with van der Waals surface area (Å²) in [4.78, 5) is 41.7. The summed E-state index contributed by atoms with van der Waals surface area (Å²) in [5.74, 6) is -1.47. The van der Waals surface area contributed by atoms with Crippen LogP contribution in [0.2, 0.25) is 0 Å². The van der Waals surface area contributed by atoms with Crippen LogP contribution in [0.3, 0.4) is 0 Å². The average Bonchev–Trinajstić information content (AvgIpc) is 2.98. The minimum atomic E-state index is -0.805. The van der Waals surface area contributed by atoms with Crippen molar-refractivity contribution in [2.45, 2.75) is 59.2 Å². The maximum atomic E-state index is 16.1. The lowest BCUT2D eigenvalue weighted by molar-refractivity contribution is -0.128. The number of hydrogen-bond donors (Lipinski definition) is 1. The second-order valence-corrected chi connectivity index (χ2v) is 12.7. The number of rotatable bonds is 7. The molecule has 0 saturated carbocycles. The van der Waals surface area contributed by atoms with Crippen LogP contribution in [0.15, 0.2) is 53.8 Å². The molecule has 4 aromatic rings. The Labute approximate surface area is 268 Å². The monoisotopic (exact) mass is 629 g/mol. The fourth-order valence-electron chi connectivity index (χ4n) is 6.42. The van der Waals surface area contributed by atoms with Crippen molar-refractivity contribution in [3.63, 3.8) is 0 Å². The second kappa shape index (κ2) is 12.6. The van der Waals surface area contributed by atoms with Gasteiger partial charge in [-0.05, 0) is 81.7 Å². The molecule has 1 fully saturated rings. The summed E-state index contributed by atoms with van der Waals surface area (Å²) in [6.45, 7) is 14.8. The molecule has 0 bridgehead atoms. The Balaban J connectivity index is 1.85. The van der Waals surface area contributed by atoms with Crippen molar-refractivity contribution in [1.82, 2.24) is 24.3 Å². The van der Waals surface area contributed by atoms with Crippen molar-refractivity contribution >= 4 is 28.4 Å². The smallest absolute Gasteiger partial charge is 0.355 e. The van der Waals surface area contributed by atoms with Crippen molar-refractivity contribution in [2.75, 3.05) is 37.8 Å². The van der Waals surface area contributed by atoms with E-state index in [1.54, 1.807) is 4.90 Å². The number of anilines is 2. The highest BCUT2D eigenvalue weighted by molar-refractivity contribution is 5.92. The summed E-state index contributed by atoms with van der Waals surface area (Å²) in [7, 11) is 3.98. The summed E-state index contributed by atoms with van der Waals surface area (Å²) < 4.78 is 32.7. The second-order valence-electron chi connectivity index (χ2n) is 12.7. The summed E-state index contributed by atoms with van der Waals surface area (Å²) in [5.41, 5.74) is 8.58. The number of hydrogen-bond acceptors (Lipinski definition) is 7. The molecular weight excluding hydrogens is 588 g/mol. The molecule has 9 nitrogen and oxygen atoms in total. The number of amides is 1. The van der Waals surface area contributed by atoms with Gasteiger partial charge in [0.05, 0.1) is 16.6 Å². The van der Waals surface area contributed by atoms with Crippen LogP contribution < -0.4 is 16.3 Å². The minimum Gasteiger partial charge on any atom is -0.398 e. The van der Waals surface area contributed by atoms with Gasteiger partial charge >= 0.3 is 5.69 Å². The molecule has 1 saturated heterocycles. The van der Waals surface area contributed by atoms with E-state index >= 15 is 8.78 Å². The number of nitrogen functional groups attached to an aromatic ring is 1. The van der Waals surface area contributed by atoms with Gasteiger partial charge in [-0.15, -0.1) is 0 Å². The first-order valence-corrected chi connectivity index (χ1v) is 15.4. The fraction of sp³-hybridized carbons (Fsp3) is 0.371. The van der Waals surface area contributed by atoms with Gasteiger partial charge in [0.2, 0.25) is 5.91 Å². The maximum absolute atomic E-state index is 16.1. The third kappa shape index (κ3) is 5.87. The quantitative estimate of drug-likeness (QED) is 0.216. The first kappa shape index (κ1) is 32.7. The zero-order chi connectivity index (χ0) is 33.6. The number of fused-ring (bicyclic) bond motifs is 1. The van der Waals surface area contributed by atoms with E-state index in [1.165, 1.54) is 34.9 Å². The van der Waals surface area contributed by atoms with Gasteiger partial charge < -0.3 is 20.4 Å². The molecule has 5 rings (SSSR count). The van der Waals surface area contributed by atoms with Gasteiger partial charge in [-0.25, -0.2) is 23.1 Å². The molecule has 0 radical (unpaired) electrons. The number of pyridine rings is 1. The third-order valence-electron chi connectivity index (χ3n) is 8.53. The number of benzene rings is 2. The molecular formula is C35H41F2N7O2. The number of aryl methyl sites for hydroxylation is 1. The van der Waals surface area contributed by atoms with Crippen molar-refractivity contribution in [3.05, 3.63) is 87.9 Å². The Morgan fingerprint density at radius 1 is 1.11 bits per heavy atom. The van der Waals surface area contributed by atoms with Gasteiger partial charge in [0.15, 0.2) is 11.5 Å². The van der Waals surface area contributed by atoms with Crippen LogP contribution in [0.1, 0.15) is 50.3 Å². The zero-order valence-electron chi connectivity index (χ0n) is 27.4. The summed E-state index contributed by atoms with van der Waals surface area (Å²) in [5, 5.41) is 0.282. The van der Waals surface area contributed by atoms with Crippen LogP contribution in [-0.4, -0.2) is 69.5 Å². The number of piperazine rings is 1. The van der Waals surface area contributed by atoms with Gasteiger partial charge in [0.25, 0.3) is 0 Å². The van der Waals surface area contributed by atoms with E-state index in [0.29, 0.717) is 25.3 Å². The van der Waals surface area contributed by atoms with E-state index in [-0.39, 0.29) is 57.7 Å². The summed E-state index contributed by atoms with van der Waals surface area (Å²) in [6.07, 6.45) is 1.28. The molecule has 1 aliphatic rings. The molecule has 2 atom stereocenters. The molecule has 1 aliphatic heterocycles. The highest BCUT2D eigenvalue weighted by Gasteiger charge is 2.34. The lowest BCUT2D eigenvalue weighted by Crippen LogP contribution is -2.58. The minimum absolute atomic E-state index is 0.0101. The first-order chi connectivity index (χ1) is 21.7. The summed E-state index contributed by atoms with van der Waals surface area (Å²) >= 11 is 0. The van der Waals surface area contributed by atoms with Gasteiger partial charge in [0.1, 0.15) is 17.3 Å². The summed E-state index contributed by atoms with van der Waals surface area (Å²) in [6, 6.07) is 8.95. The van der Waals surface area contributed by atoms with Crippen molar-refractivity contribution in [2.24, 2.45) is 0 Å². The van der Waals surface area contributed by atoms with E-state index in [9.17, 15) is 9.59 Å². The number of carbonyl (C=O) groups is 1. The highest BCUT2D eigenvalue weighted by Crippen LogP contribution is 2.36. The molecule has 242 valence electrons. The Morgan fingerprint density at radius 3 is 2.46 bits per heavy atom. The third-order valence-corrected chi connectivity index (χ3v) is 8.53. The van der Waals surface area contributed by atoms with Gasteiger partial charge in [-0.1, -0.05) is 38.6 Å². The maximum Gasteiger partial charge on any atom is 0.355 e. The molecule has 1 amide bonds. The molecule has 46 heavy (non-hydrogen) atoms. The van der Waals surface area contributed by atoms with Crippen LogP contribution in [0.5, 0.6) is 0 Å². The topological polar surface area (TPSA) is 101 Å². The number of nitrogens with zero attached hydrogens (tertiary/aromatic N) is 6. The zero-order valence-corrected chi connectivity index (χ0v) is 27.4. The predicted octanol–water partition coefficient (Wildman–Crippen LogP) is 5.41. The van der Waals surface area contributed by atoms with Crippen molar-refractivity contribution < 1.29 is 13.6 Å². The molecule has 2 N–H and O–H groups in total. The normalized spacial score (nSPS) is 16.9. The molecule has 0 aliphatic carbocycles. The van der Waals surface area contributed by atoms with Gasteiger partial charge in [-0.3, -0.25) is 4.79 Å². The first-order valence-electron chi connectivity index (χ1n) is 15.4. The number of nitrogens with two attached hydrogens (primary N) is 1. The van der Waals surface area contributed by atoms with Crippen LogP contribution in [0.4, 0.5) is 20.3 Å². The Morgan fingerprint density at radius 2 is 1.83 bits per heavy atom. The molecule has 2 aromatic heterocycles. The highest BCUT2D eigenvalue weighted by atomic mass is 19.1. The lowest BCUT2D eigenvalue weighted by Gasteiger charge is -2.44. The molecule has 3 heterocycles. The van der Waals surface area contributed by atoms with E-state index in [2.05, 4.69) is 27.5 Å². The number of halogens is 2. The van der Waals surface area contributed by atoms with E-state index in [0.717, 1.165) is 16.7 Å². The Bertz CT molecular complexity index is 1880. The lowest BCUT2D eigenvalue weighted by atomic mass is 9.94. The Kier molecular flexibility index (Phi) is 8.99. The average molecular weight is 630 g/mol. The van der Waals surface area contributed by atoms with E-state index in [1.807, 2.05) is 59.7 Å². The van der Waals surface area contributed by atoms with Crippen LogP contribution in [0.25, 0.3) is 28.0 Å². The molecule has 2 aromatic carbocycles. The van der Waals surface area contributed by atoms with Crippen LogP contribution >= 0.6 is 0 Å². The molecule has 0 spiro atoms. The van der Waals surface area contributed by atoms with E-state index < -0.39 is 17.3 Å². The van der Waals surface area contributed by atoms with Crippen molar-refractivity contribution in [3.8, 4) is 16.9 Å². The van der Waals surface area contributed by atoms with Crippen molar-refractivity contribution in [1.29, 1.82) is 0 Å². The Hall–Kier alpha value is -4.64. The van der Waals surface area contributed by atoms with Gasteiger partial charge in [0, 0.05) is 37.4 Å². The van der Waals surface area contributed by atoms with Crippen LogP contribution in [0, 0.1) is 18.6 Å². The van der Waals surface area contributed by atoms with E-state index in [4.69, 9.17) is 5.73 Å². The molecule has 0 unspecified atom stereocenters. The van der Waals surface area contributed by atoms with Gasteiger partial charge in [-0.2, -0.15) is 4.98 Å². The predicted molar refractivity (Wildman–Crippen MR) is 179 cm³/mol. The SMILES string of the molecule is C=CC(=O)N1C[C@H](C)N(c2nc(=O)n(-c3c(C)cc(CN(C)C)cc3C(C)C)c3nc(-c4c(N)cccc4F)c(F)cc23)C[C@H]1C. The largest absolute Gasteiger partial charge is 0.398 e. The van der Waals surface area contributed by atoms with Crippen LogP contribution in [-0.2, 0) is 11.3 Å².